The van der Waals surface area contributed by atoms with Gasteiger partial charge in [-0.1, -0.05) is 17.3 Å². The molecule has 0 aliphatic carbocycles. The molecule has 1 amide bonds. The second-order valence-electron chi connectivity index (χ2n) is 6.75. The number of methoxy groups -OCH3 is 1. The van der Waals surface area contributed by atoms with Crippen molar-refractivity contribution in [2.45, 2.75) is 51.0 Å². The van der Waals surface area contributed by atoms with Gasteiger partial charge in [-0.05, 0) is 31.4 Å². The summed E-state index contributed by atoms with van der Waals surface area (Å²) in [5.41, 5.74) is 1.74. The van der Waals surface area contributed by atoms with Crippen LogP contribution in [0.3, 0.4) is 0 Å². The van der Waals surface area contributed by atoms with Crippen LogP contribution in [0, 0.1) is 0 Å². The topological polar surface area (TPSA) is 98.5 Å². The van der Waals surface area contributed by atoms with E-state index >= 15 is 0 Å². The fourth-order valence-corrected chi connectivity index (χ4v) is 3.37. The highest BCUT2D eigenvalue weighted by molar-refractivity contribution is 5.73. The SMILES string of the molecule is COc1cccc(-c2cn(CC[C@@H]3CC[C@H](NC(C)=O)[C@H](CO)O3)nn2)c1. The van der Waals surface area contributed by atoms with Crippen molar-refractivity contribution in [3.63, 3.8) is 0 Å². The van der Waals surface area contributed by atoms with Gasteiger partial charge in [-0.15, -0.1) is 5.10 Å². The Balaban J connectivity index is 1.55. The van der Waals surface area contributed by atoms with Crippen LogP contribution in [0.1, 0.15) is 26.2 Å². The van der Waals surface area contributed by atoms with E-state index in [0.717, 1.165) is 36.3 Å². The van der Waals surface area contributed by atoms with Crippen molar-refractivity contribution in [2.24, 2.45) is 0 Å². The van der Waals surface area contributed by atoms with E-state index in [1.807, 2.05) is 30.5 Å². The third-order valence-electron chi connectivity index (χ3n) is 4.77. The van der Waals surface area contributed by atoms with Gasteiger partial charge in [0, 0.05) is 19.0 Å². The number of benzene rings is 1. The summed E-state index contributed by atoms with van der Waals surface area (Å²) in [7, 11) is 1.64. The van der Waals surface area contributed by atoms with Gasteiger partial charge >= 0.3 is 0 Å². The summed E-state index contributed by atoms with van der Waals surface area (Å²) >= 11 is 0. The number of aromatic nitrogens is 3. The van der Waals surface area contributed by atoms with E-state index in [9.17, 15) is 9.90 Å². The quantitative estimate of drug-likeness (QED) is 0.760. The molecule has 2 N–H and O–H groups in total. The third kappa shape index (κ3) is 5.05. The van der Waals surface area contributed by atoms with E-state index in [1.165, 1.54) is 6.92 Å². The Kier molecular flexibility index (Phi) is 6.41. The zero-order valence-electron chi connectivity index (χ0n) is 15.7. The number of nitrogens with one attached hydrogen (secondary N) is 1. The van der Waals surface area contributed by atoms with Gasteiger partial charge in [0.15, 0.2) is 0 Å². The van der Waals surface area contributed by atoms with Crippen molar-refractivity contribution in [3.05, 3.63) is 30.5 Å². The number of amides is 1. The molecule has 3 rings (SSSR count). The molecule has 1 saturated heterocycles. The molecule has 8 heteroatoms. The largest absolute Gasteiger partial charge is 0.497 e. The van der Waals surface area contributed by atoms with E-state index in [2.05, 4.69) is 15.6 Å². The lowest BCUT2D eigenvalue weighted by atomic mass is 9.97. The normalized spacial score (nSPS) is 22.4. The maximum Gasteiger partial charge on any atom is 0.217 e. The van der Waals surface area contributed by atoms with Crippen LogP contribution in [0.5, 0.6) is 5.75 Å². The molecule has 27 heavy (non-hydrogen) atoms. The van der Waals surface area contributed by atoms with Crippen LogP contribution < -0.4 is 10.1 Å². The molecular weight excluding hydrogens is 348 g/mol. The van der Waals surface area contributed by atoms with Crippen molar-refractivity contribution < 1.29 is 19.4 Å². The molecule has 1 aliphatic heterocycles. The molecule has 2 heterocycles. The first-order valence-corrected chi connectivity index (χ1v) is 9.17. The van der Waals surface area contributed by atoms with Gasteiger partial charge in [-0.3, -0.25) is 9.48 Å². The van der Waals surface area contributed by atoms with Crippen LogP contribution in [0.25, 0.3) is 11.3 Å². The van der Waals surface area contributed by atoms with Crippen molar-refractivity contribution >= 4 is 5.91 Å². The number of aryl methyl sites for hydroxylation is 1. The van der Waals surface area contributed by atoms with Crippen LogP contribution in [-0.4, -0.2) is 58.0 Å². The Morgan fingerprint density at radius 3 is 3.04 bits per heavy atom. The number of rotatable bonds is 7. The number of aliphatic hydroxyl groups is 1. The van der Waals surface area contributed by atoms with Gasteiger partial charge in [-0.25, -0.2) is 0 Å². The molecule has 0 saturated carbocycles. The van der Waals surface area contributed by atoms with Gasteiger partial charge in [0.2, 0.25) is 5.91 Å². The van der Waals surface area contributed by atoms with Crippen molar-refractivity contribution in [1.29, 1.82) is 0 Å². The summed E-state index contributed by atoms with van der Waals surface area (Å²) in [5.74, 6) is 0.676. The summed E-state index contributed by atoms with van der Waals surface area (Å²) in [6.07, 6.45) is 3.96. The van der Waals surface area contributed by atoms with Gasteiger partial charge < -0.3 is 19.9 Å². The Morgan fingerprint density at radius 1 is 1.44 bits per heavy atom. The molecule has 8 nitrogen and oxygen atoms in total. The number of ether oxygens (including phenoxy) is 2. The molecule has 1 aliphatic rings. The third-order valence-corrected chi connectivity index (χ3v) is 4.77. The molecule has 146 valence electrons. The zero-order valence-corrected chi connectivity index (χ0v) is 15.7. The second kappa shape index (κ2) is 8.96. The first-order valence-electron chi connectivity index (χ1n) is 9.17. The molecule has 3 atom stereocenters. The van der Waals surface area contributed by atoms with Crippen molar-refractivity contribution in [1.82, 2.24) is 20.3 Å². The highest BCUT2D eigenvalue weighted by Gasteiger charge is 2.31. The van der Waals surface area contributed by atoms with Crippen LogP contribution in [-0.2, 0) is 16.1 Å². The lowest BCUT2D eigenvalue weighted by Crippen LogP contribution is -2.50. The minimum absolute atomic E-state index is 0.0247. The predicted octanol–water partition coefficient (Wildman–Crippen LogP) is 1.39. The van der Waals surface area contributed by atoms with E-state index in [1.54, 1.807) is 11.8 Å². The van der Waals surface area contributed by atoms with Gasteiger partial charge in [0.05, 0.1) is 32.1 Å². The zero-order chi connectivity index (χ0) is 19.2. The minimum atomic E-state index is -0.365. The minimum Gasteiger partial charge on any atom is -0.497 e. The van der Waals surface area contributed by atoms with Crippen LogP contribution in [0.4, 0.5) is 0 Å². The Bertz CT molecular complexity index is 764. The molecule has 1 aromatic heterocycles. The molecule has 0 radical (unpaired) electrons. The molecule has 0 spiro atoms. The summed E-state index contributed by atoms with van der Waals surface area (Å²) in [6.45, 7) is 2.04. The number of hydrogen-bond donors (Lipinski definition) is 2. The van der Waals surface area contributed by atoms with Crippen LogP contribution >= 0.6 is 0 Å². The molecule has 1 aromatic carbocycles. The second-order valence-corrected chi connectivity index (χ2v) is 6.75. The predicted molar refractivity (Wildman–Crippen MR) is 99.2 cm³/mol. The smallest absolute Gasteiger partial charge is 0.217 e. The van der Waals surface area contributed by atoms with Crippen molar-refractivity contribution in [2.75, 3.05) is 13.7 Å². The molecule has 0 unspecified atom stereocenters. The highest BCUT2D eigenvalue weighted by atomic mass is 16.5. The molecule has 2 aromatic rings. The average Bonchev–Trinajstić information content (AvgIpc) is 3.16. The molecule has 0 bridgehead atoms. The van der Waals surface area contributed by atoms with E-state index < -0.39 is 0 Å². The summed E-state index contributed by atoms with van der Waals surface area (Å²) in [4.78, 5) is 11.3. The van der Waals surface area contributed by atoms with Gasteiger partial charge in [0.1, 0.15) is 17.5 Å². The lowest BCUT2D eigenvalue weighted by Gasteiger charge is -2.36. The van der Waals surface area contributed by atoms with E-state index in [4.69, 9.17) is 9.47 Å². The van der Waals surface area contributed by atoms with Crippen LogP contribution in [0.2, 0.25) is 0 Å². The number of hydrogen-bond acceptors (Lipinski definition) is 6. The molecule has 1 fully saturated rings. The maximum atomic E-state index is 11.3. The fourth-order valence-electron chi connectivity index (χ4n) is 3.37. The summed E-state index contributed by atoms with van der Waals surface area (Å²) in [5, 5.41) is 20.8. The van der Waals surface area contributed by atoms with Crippen LogP contribution in [0.15, 0.2) is 30.5 Å². The lowest BCUT2D eigenvalue weighted by molar-refractivity contribution is -0.126. The Labute approximate surface area is 158 Å². The van der Waals surface area contributed by atoms with Gasteiger partial charge in [0.25, 0.3) is 0 Å². The van der Waals surface area contributed by atoms with Crippen molar-refractivity contribution in [3.8, 4) is 17.0 Å². The van der Waals surface area contributed by atoms with Gasteiger partial charge in [-0.2, -0.15) is 0 Å². The first kappa shape index (κ1) is 19.3. The Hall–Kier alpha value is -2.45. The summed E-state index contributed by atoms with van der Waals surface area (Å²) in [6, 6.07) is 7.57. The highest BCUT2D eigenvalue weighted by Crippen LogP contribution is 2.24. The number of nitrogens with zero attached hydrogens (tertiary/aromatic N) is 3. The standard InChI is InChI=1S/C19H26N4O4/c1-13(25)20-17-7-6-15(27-19(17)12-24)8-9-23-11-18(21-22-23)14-4-3-5-16(10-14)26-2/h3-5,10-11,15,17,19,24H,6-9,12H2,1-2H3,(H,20,25)/t15-,17-,19-/m0/s1. The number of aliphatic hydroxyl groups excluding tert-OH is 1. The number of carbonyl (C=O) groups excluding carboxylic acids is 1. The maximum absolute atomic E-state index is 11.3. The monoisotopic (exact) mass is 374 g/mol. The van der Waals surface area contributed by atoms with E-state index in [-0.39, 0.29) is 30.8 Å². The molecular formula is C19H26N4O4. The first-order chi connectivity index (χ1) is 13.1. The average molecular weight is 374 g/mol. The summed E-state index contributed by atoms with van der Waals surface area (Å²) < 4.78 is 13.0. The van der Waals surface area contributed by atoms with E-state index in [0.29, 0.717) is 6.54 Å². The Morgan fingerprint density at radius 2 is 2.30 bits per heavy atom. The number of carbonyl (C=O) groups is 1. The fraction of sp³-hybridized carbons (Fsp3) is 0.526.